The van der Waals surface area contributed by atoms with E-state index >= 15 is 0 Å². The lowest BCUT2D eigenvalue weighted by Gasteiger charge is -2.08. The van der Waals surface area contributed by atoms with Gasteiger partial charge in [0.15, 0.2) is 0 Å². The smallest absolute Gasteiger partial charge is 0.303 e. The maximum Gasteiger partial charge on any atom is 0.303 e. The third kappa shape index (κ3) is 3.72. The Kier molecular flexibility index (Phi) is 5.03. The molecule has 0 spiro atoms. The van der Waals surface area contributed by atoms with Crippen LogP contribution in [0.4, 0.5) is 5.69 Å². The van der Waals surface area contributed by atoms with Gasteiger partial charge in [0.05, 0.1) is 11.1 Å². The number of hydrogen-bond donors (Lipinski definition) is 2. The molecule has 0 saturated carbocycles. The predicted molar refractivity (Wildman–Crippen MR) is 97.8 cm³/mol. The number of rotatable bonds is 6. The molecule has 3 rings (SSSR count). The fraction of sp³-hybridized carbons (Fsp3) is 0.200. The predicted octanol–water partition coefficient (Wildman–Crippen LogP) is 2.57. The van der Waals surface area contributed by atoms with Crippen LogP contribution < -0.4 is 5.32 Å². The number of carbonyl (C=O) groups is 4. The summed E-state index contributed by atoms with van der Waals surface area (Å²) in [6.45, 7) is 2.00. The SMILES string of the molecule is CCN1C(=O)c2ccc(C(=O)Nc3ccc(CCC(=O)O)cc3)cc2C1=O. The highest BCUT2D eigenvalue weighted by Gasteiger charge is 2.34. The van der Waals surface area contributed by atoms with Crippen LogP contribution in [0.3, 0.4) is 0 Å². The molecule has 7 nitrogen and oxygen atoms in total. The van der Waals surface area contributed by atoms with Crippen molar-refractivity contribution in [1.29, 1.82) is 0 Å². The molecule has 3 amide bonds. The highest BCUT2D eigenvalue weighted by atomic mass is 16.4. The third-order valence-corrected chi connectivity index (χ3v) is 4.39. The average molecular weight is 366 g/mol. The third-order valence-electron chi connectivity index (χ3n) is 4.39. The summed E-state index contributed by atoms with van der Waals surface area (Å²) in [5.41, 5.74) is 2.23. The van der Waals surface area contributed by atoms with Crippen molar-refractivity contribution in [2.45, 2.75) is 19.8 Å². The minimum Gasteiger partial charge on any atom is -0.481 e. The van der Waals surface area contributed by atoms with Gasteiger partial charge in [-0.25, -0.2) is 0 Å². The summed E-state index contributed by atoms with van der Waals surface area (Å²) in [7, 11) is 0. The van der Waals surface area contributed by atoms with Crippen molar-refractivity contribution < 1.29 is 24.3 Å². The van der Waals surface area contributed by atoms with Gasteiger partial charge in [-0.05, 0) is 49.2 Å². The van der Waals surface area contributed by atoms with Crippen LogP contribution in [0.25, 0.3) is 0 Å². The summed E-state index contributed by atoms with van der Waals surface area (Å²) in [6.07, 6.45) is 0.459. The average Bonchev–Trinajstić information content (AvgIpc) is 2.90. The number of fused-ring (bicyclic) bond motifs is 1. The first-order valence-electron chi connectivity index (χ1n) is 8.53. The first kappa shape index (κ1) is 18.3. The van der Waals surface area contributed by atoms with Gasteiger partial charge >= 0.3 is 5.97 Å². The Bertz CT molecular complexity index is 934. The van der Waals surface area contributed by atoms with E-state index in [1.54, 1.807) is 31.2 Å². The van der Waals surface area contributed by atoms with Crippen molar-refractivity contribution in [3.05, 3.63) is 64.7 Å². The zero-order valence-corrected chi connectivity index (χ0v) is 14.7. The summed E-state index contributed by atoms with van der Waals surface area (Å²) < 4.78 is 0. The van der Waals surface area contributed by atoms with Crippen LogP contribution in [-0.2, 0) is 11.2 Å². The number of carbonyl (C=O) groups excluding carboxylic acids is 3. The molecule has 1 heterocycles. The van der Waals surface area contributed by atoms with E-state index in [1.165, 1.54) is 18.2 Å². The molecule has 0 radical (unpaired) electrons. The number of aryl methyl sites for hydroxylation is 1. The van der Waals surface area contributed by atoms with Gasteiger partial charge in [0.25, 0.3) is 17.7 Å². The molecular weight excluding hydrogens is 348 g/mol. The molecule has 0 aliphatic carbocycles. The van der Waals surface area contributed by atoms with Crippen molar-refractivity contribution in [2.75, 3.05) is 11.9 Å². The number of nitrogens with one attached hydrogen (secondary N) is 1. The highest BCUT2D eigenvalue weighted by Crippen LogP contribution is 2.24. The number of amides is 3. The number of benzene rings is 2. The number of nitrogens with zero attached hydrogens (tertiary/aromatic N) is 1. The van der Waals surface area contributed by atoms with Crippen LogP contribution in [0.1, 0.15) is 50.0 Å². The molecule has 138 valence electrons. The van der Waals surface area contributed by atoms with E-state index in [0.29, 0.717) is 17.7 Å². The Balaban J connectivity index is 1.72. The van der Waals surface area contributed by atoms with E-state index in [9.17, 15) is 19.2 Å². The number of hydrogen-bond acceptors (Lipinski definition) is 4. The van der Waals surface area contributed by atoms with Gasteiger partial charge in [-0.3, -0.25) is 24.1 Å². The molecule has 7 heteroatoms. The van der Waals surface area contributed by atoms with Crippen LogP contribution in [0, 0.1) is 0 Å². The fourth-order valence-electron chi connectivity index (χ4n) is 2.93. The maximum atomic E-state index is 12.5. The Labute approximate surface area is 155 Å². The van der Waals surface area contributed by atoms with Gasteiger partial charge in [-0.1, -0.05) is 12.1 Å². The summed E-state index contributed by atoms with van der Waals surface area (Å²) in [5.74, 6) is -2.00. The zero-order chi connectivity index (χ0) is 19.6. The Morgan fingerprint density at radius 1 is 1.00 bits per heavy atom. The van der Waals surface area contributed by atoms with E-state index in [4.69, 9.17) is 5.11 Å². The van der Waals surface area contributed by atoms with Crippen molar-refractivity contribution in [1.82, 2.24) is 4.90 Å². The Hall–Kier alpha value is -3.48. The number of carboxylic acids is 1. The highest BCUT2D eigenvalue weighted by molar-refractivity contribution is 6.22. The van der Waals surface area contributed by atoms with E-state index < -0.39 is 17.8 Å². The largest absolute Gasteiger partial charge is 0.481 e. The lowest BCUT2D eigenvalue weighted by atomic mass is 10.0. The first-order chi connectivity index (χ1) is 12.9. The molecule has 27 heavy (non-hydrogen) atoms. The quantitative estimate of drug-likeness (QED) is 0.765. The molecular formula is C20H18N2O5. The van der Waals surface area contributed by atoms with E-state index in [-0.39, 0.29) is 30.0 Å². The maximum absolute atomic E-state index is 12.5. The summed E-state index contributed by atoms with van der Waals surface area (Å²) in [6, 6.07) is 11.3. The normalized spacial score (nSPS) is 12.9. The molecule has 1 aliphatic rings. The lowest BCUT2D eigenvalue weighted by molar-refractivity contribution is -0.136. The van der Waals surface area contributed by atoms with Gasteiger partial charge < -0.3 is 10.4 Å². The standard InChI is InChI=1S/C20H18N2O5/c1-2-22-19(26)15-9-6-13(11-16(15)20(22)27)18(25)21-14-7-3-12(4-8-14)5-10-17(23)24/h3-4,6-9,11H,2,5,10H2,1H3,(H,21,25)(H,23,24). The zero-order valence-electron chi connectivity index (χ0n) is 14.7. The second-order valence-corrected chi connectivity index (χ2v) is 6.16. The number of aliphatic carboxylic acids is 1. The van der Waals surface area contributed by atoms with Crippen molar-refractivity contribution in [3.63, 3.8) is 0 Å². The number of anilines is 1. The molecule has 0 atom stereocenters. The first-order valence-corrected chi connectivity index (χ1v) is 8.53. The van der Waals surface area contributed by atoms with Crippen LogP contribution in [0.15, 0.2) is 42.5 Å². The van der Waals surface area contributed by atoms with Gasteiger partial charge in [0.2, 0.25) is 0 Å². The van der Waals surface area contributed by atoms with Gasteiger partial charge in [0, 0.05) is 24.2 Å². The minimum absolute atomic E-state index is 0.0440. The molecule has 2 aromatic rings. The van der Waals surface area contributed by atoms with Crippen molar-refractivity contribution in [3.8, 4) is 0 Å². The molecule has 0 saturated heterocycles. The molecule has 2 N–H and O–H groups in total. The van der Waals surface area contributed by atoms with Crippen LogP contribution >= 0.6 is 0 Å². The van der Waals surface area contributed by atoms with Crippen LogP contribution in [-0.4, -0.2) is 40.2 Å². The van der Waals surface area contributed by atoms with E-state index in [2.05, 4.69) is 5.32 Å². The van der Waals surface area contributed by atoms with Crippen molar-refractivity contribution >= 4 is 29.4 Å². The molecule has 1 aliphatic heterocycles. The monoisotopic (exact) mass is 366 g/mol. The van der Waals surface area contributed by atoms with Gasteiger partial charge in [-0.2, -0.15) is 0 Å². The number of carboxylic acid groups (broad SMARTS) is 1. The van der Waals surface area contributed by atoms with Gasteiger partial charge in [0.1, 0.15) is 0 Å². The van der Waals surface area contributed by atoms with E-state index in [0.717, 1.165) is 10.5 Å². The molecule has 0 fully saturated rings. The van der Waals surface area contributed by atoms with E-state index in [1.807, 2.05) is 0 Å². The lowest BCUT2D eigenvalue weighted by Crippen LogP contribution is -2.29. The Morgan fingerprint density at radius 2 is 1.67 bits per heavy atom. The van der Waals surface area contributed by atoms with Crippen molar-refractivity contribution in [2.24, 2.45) is 0 Å². The fourth-order valence-corrected chi connectivity index (χ4v) is 2.93. The molecule has 0 unspecified atom stereocenters. The summed E-state index contributed by atoms with van der Waals surface area (Å²) in [5, 5.41) is 11.4. The minimum atomic E-state index is -0.862. The number of imide groups is 1. The second kappa shape index (κ2) is 7.41. The summed E-state index contributed by atoms with van der Waals surface area (Å²) >= 11 is 0. The molecule has 2 aromatic carbocycles. The second-order valence-electron chi connectivity index (χ2n) is 6.16. The molecule has 0 aromatic heterocycles. The van der Waals surface area contributed by atoms with Crippen LogP contribution in [0.2, 0.25) is 0 Å². The molecule has 0 bridgehead atoms. The van der Waals surface area contributed by atoms with Gasteiger partial charge in [-0.15, -0.1) is 0 Å². The van der Waals surface area contributed by atoms with Crippen LogP contribution in [0.5, 0.6) is 0 Å². The summed E-state index contributed by atoms with van der Waals surface area (Å²) in [4.78, 5) is 48.6. The Morgan fingerprint density at radius 3 is 2.30 bits per heavy atom. The topological polar surface area (TPSA) is 104 Å².